The molecule has 1 aromatic carbocycles. The zero-order chi connectivity index (χ0) is 24.2. The number of nitrogens with zero attached hydrogens (tertiary/aromatic N) is 4. The lowest BCUT2D eigenvalue weighted by atomic mass is 10.2. The van der Waals surface area contributed by atoms with E-state index < -0.39 is 63.7 Å². The molecule has 0 unspecified atom stereocenters. The van der Waals surface area contributed by atoms with E-state index in [0.29, 0.717) is 16.8 Å². The number of alkyl halides is 6. The lowest BCUT2D eigenvalue weighted by Crippen LogP contribution is -2.42. The minimum atomic E-state index is -6.23. The molecule has 16 heteroatoms. The highest BCUT2D eigenvalue weighted by molar-refractivity contribution is 7.92. The van der Waals surface area contributed by atoms with Gasteiger partial charge in [0.05, 0.1) is 29.7 Å². The Hall–Kier alpha value is -2.34. The molecule has 31 heavy (non-hydrogen) atoms. The summed E-state index contributed by atoms with van der Waals surface area (Å²) in [7, 11) is -4.34. The third-order valence-electron chi connectivity index (χ3n) is 3.86. The summed E-state index contributed by atoms with van der Waals surface area (Å²) in [6.07, 6.45) is -4.88. The molecule has 2 aromatic rings. The Bertz CT molecular complexity index is 1190. The normalized spacial score (nSPS) is 13.2. The predicted molar refractivity (Wildman–Crippen MR) is 96.2 cm³/mol. The van der Waals surface area contributed by atoms with E-state index in [4.69, 9.17) is 23.2 Å². The highest BCUT2D eigenvalue weighted by Gasteiger charge is 2.54. The van der Waals surface area contributed by atoms with Crippen LogP contribution in [0.5, 0.6) is 0 Å². The lowest BCUT2D eigenvalue weighted by Gasteiger charge is -2.23. The van der Waals surface area contributed by atoms with E-state index >= 15 is 0 Å². The fraction of sp³-hybridized carbons (Fsp3) is 0.267. The first-order valence-electron chi connectivity index (χ1n) is 7.61. The van der Waals surface area contributed by atoms with Crippen LogP contribution in [0.15, 0.2) is 17.0 Å². The molecule has 0 radical (unpaired) electrons. The Morgan fingerprint density at radius 2 is 1.61 bits per heavy atom. The van der Waals surface area contributed by atoms with Crippen molar-refractivity contribution in [3.8, 4) is 11.8 Å². The Balaban J connectivity index is 3.09. The van der Waals surface area contributed by atoms with Gasteiger partial charge in [0.1, 0.15) is 11.8 Å². The fourth-order valence-corrected chi connectivity index (χ4v) is 4.26. The smallest absolute Gasteiger partial charge is 0.233 e. The summed E-state index contributed by atoms with van der Waals surface area (Å²) in [6.45, 7) is 0. The van der Waals surface area contributed by atoms with Gasteiger partial charge in [0.15, 0.2) is 10.6 Å². The van der Waals surface area contributed by atoms with Gasteiger partial charge in [-0.2, -0.15) is 41.4 Å². The van der Waals surface area contributed by atoms with Gasteiger partial charge in [-0.15, -0.1) is 0 Å². The van der Waals surface area contributed by atoms with E-state index in [0.717, 1.165) is 14.1 Å². The van der Waals surface area contributed by atoms with Gasteiger partial charge in [0.2, 0.25) is 0 Å². The minimum Gasteiger partial charge on any atom is -0.233 e. The maximum absolute atomic E-state index is 13.3. The van der Waals surface area contributed by atoms with Gasteiger partial charge in [0, 0.05) is 0 Å². The van der Waals surface area contributed by atoms with Crippen LogP contribution in [0.1, 0.15) is 11.3 Å². The van der Waals surface area contributed by atoms with Crippen molar-refractivity contribution < 1.29 is 39.6 Å². The van der Waals surface area contributed by atoms with Crippen molar-refractivity contribution >= 4 is 45.3 Å². The second-order valence-electron chi connectivity index (χ2n) is 6.41. The molecule has 0 aliphatic rings. The lowest BCUT2D eigenvalue weighted by molar-refractivity contribution is -0.137. The molecule has 0 spiro atoms. The first kappa shape index (κ1) is 24.9. The number of benzene rings is 1. The van der Waals surface area contributed by atoms with Gasteiger partial charge in [-0.3, -0.25) is 0 Å². The summed E-state index contributed by atoms with van der Waals surface area (Å²) in [5.74, 6) is -1.02. The zero-order valence-corrected chi connectivity index (χ0v) is 17.5. The van der Waals surface area contributed by atoms with Crippen molar-refractivity contribution in [2.24, 2.45) is 0 Å². The minimum absolute atomic E-state index is 0.00988. The number of carbonyl (C=O) groups is 1. The molecule has 0 bridgehead atoms. The fourth-order valence-electron chi connectivity index (χ4n) is 2.47. The van der Waals surface area contributed by atoms with Crippen LogP contribution in [0.2, 0.25) is 10.0 Å². The van der Waals surface area contributed by atoms with Crippen LogP contribution in [0.3, 0.4) is 0 Å². The molecule has 2 rings (SSSR count). The van der Waals surface area contributed by atoms with Crippen molar-refractivity contribution in [1.29, 1.82) is 5.26 Å². The van der Waals surface area contributed by atoms with Crippen LogP contribution in [0.4, 0.5) is 32.2 Å². The van der Waals surface area contributed by atoms with E-state index in [9.17, 15) is 44.8 Å². The largest absolute Gasteiger partial charge is 0.502 e. The summed E-state index contributed by atoms with van der Waals surface area (Å²) in [4.78, 5) is 9.89. The summed E-state index contributed by atoms with van der Waals surface area (Å²) < 4.78 is 102. The summed E-state index contributed by atoms with van der Waals surface area (Å²) in [6, 6.07) is 1.92. The van der Waals surface area contributed by atoms with E-state index in [2.05, 4.69) is 5.10 Å². The first-order chi connectivity index (χ1) is 13.9. The summed E-state index contributed by atoms with van der Waals surface area (Å²) in [5, 5.41) is 11.1. The standard InChI is InChI=1S/C15H9Cl2F6N4O3S/c1-27(2,6-28)13-12(31(29,30)15(21,22)23)10(5-24)25-26(13)11-8(16)3-7(4-9(11)17)14(18,19)20/h3-4,6H,1-2H3/q+1. The number of quaternary nitrogens is 1. The quantitative estimate of drug-likeness (QED) is 0.351. The Kier molecular flexibility index (Phi) is 6.16. The molecule has 1 heterocycles. The molecule has 0 saturated heterocycles. The second kappa shape index (κ2) is 7.66. The SMILES string of the molecule is C[N+](C)(C=O)c1c(S(=O)(=O)C(F)(F)F)c(C#N)nn1-c1c(Cl)cc(C(F)(F)F)cc1Cl. The van der Waals surface area contributed by atoms with Crippen molar-refractivity contribution in [3.05, 3.63) is 33.4 Å². The molecule has 0 aliphatic carbocycles. The van der Waals surface area contributed by atoms with Crippen LogP contribution in [0.25, 0.3) is 5.69 Å². The van der Waals surface area contributed by atoms with Crippen molar-refractivity contribution in [1.82, 2.24) is 14.3 Å². The Morgan fingerprint density at radius 1 is 1.13 bits per heavy atom. The van der Waals surface area contributed by atoms with E-state index in [-0.39, 0.29) is 6.41 Å². The third-order valence-corrected chi connectivity index (χ3v) is 5.96. The van der Waals surface area contributed by atoms with Crippen LogP contribution >= 0.6 is 23.2 Å². The van der Waals surface area contributed by atoms with Gasteiger partial charge in [-0.25, -0.2) is 17.7 Å². The number of hydrogen-bond donors (Lipinski definition) is 0. The molecule has 0 aliphatic heterocycles. The van der Waals surface area contributed by atoms with E-state index in [1.54, 1.807) is 0 Å². The predicted octanol–water partition coefficient (Wildman–Crippen LogP) is 4.09. The first-order valence-corrected chi connectivity index (χ1v) is 9.85. The van der Waals surface area contributed by atoms with Crippen molar-refractivity contribution in [2.45, 2.75) is 16.6 Å². The number of carbonyl (C=O) groups excluding carboxylic acids is 1. The van der Waals surface area contributed by atoms with Gasteiger partial charge in [-0.05, 0) is 12.1 Å². The summed E-state index contributed by atoms with van der Waals surface area (Å²) >= 11 is 11.7. The molecule has 168 valence electrons. The van der Waals surface area contributed by atoms with Crippen molar-refractivity contribution in [3.63, 3.8) is 0 Å². The van der Waals surface area contributed by atoms with E-state index in [1.807, 2.05) is 0 Å². The maximum atomic E-state index is 13.3. The number of rotatable bonds is 4. The van der Waals surface area contributed by atoms with Crippen LogP contribution < -0.4 is 4.48 Å². The molecule has 0 fully saturated rings. The van der Waals surface area contributed by atoms with Crippen LogP contribution in [0, 0.1) is 11.3 Å². The van der Waals surface area contributed by atoms with Gasteiger partial charge in [-0.1, -0.05) is 23.2 Å². The summed E-state index contributed by atoms with van der Waals surface area (Å²) in [5.41, 5.74) is -9.14. The molecule has 7 nitrogen and oxygen atoms in total. The third kappa shape index (κ3) is 4.22. The second-order valence-corrected chi connectivity index (χ2v) is 9.10. The maximum Gasteiger partial charge on any atom is 0.502 e. The Morgan fingerprint density at radius 3 is 1.97 bits per heavy atom. The topological polar surface area (TPSA) is 92.8 Å². The van der Waals surface area contributed by atoms with Crippen LogP contribution in [-0.4, -0.2) is 44.2 Å². The zero-order valence-electron chi connectivity index (χ0n) is 15.2. The highest BCUT2D eigenvalue weighted by atomic mass is 35.5. The van der Waals surface area contributed by atoms with Gasteiger partial charge < -0.3 is 0 Å². The average molecular weight is 510 g/mol. The molecule has 1 amide bonds. The molecule has 1 aromatic heterocycles. The number of amides is 1. The number of hydrogen-bond acceptors (Lipinski definition) is 5. The van der Waals surface area contributed by atoms with E-state index in [1.165, 1.54) is 6.07 Å². The molecule has 0 atom stereocenters. The molecular formula is C15H9Cl2F6N4O3S+. The van der Waals surface area contributed by atoms with Crippen molar-refractivity contribution in [2.75, 3.05) is 14.1 Å². The molecule has 0 saturated carbocycles. The number of nitriles is 1. The van der Waals surface area contributed by atoms with Gasteiger partial charge in [0.25, 0.3) is 15.7 Å². The number of halogens is 8. The average Bonchev–Trinajstić information content (AvgIpc) is 3.00. The number of aromatic nitrogens is 2. The van der Waals surface area contributed by atoms with Crippen LogP contribution in [-0.2, 0) is 20.8 Å². The monoisotopic (exact) mass is 509 g/mol. The highest BCUT2D eigenvalue weighted by Crippen LogP contribution is 2.43. The molecule has 0 N–H and O–H groups in total. The number of sulfone groups is 1. The molecular weight excluding hydrogens is 501 g/mol. The van der Waals surface area contributed by atoms with Gasteiger partial charge >= 0.3 is 18.1 Å². The Labute approximate surface area is 180 Å².